The SMILES string of the molecule is Fc1ccc2c(c1)CCCO2.O=C1CCCN1. The van der Waals surface area contributed by atoms with E-state index in [9.17, 15) is 9.18 Å². The highest BCUT2D eigenvalue weighted by Crippen LogP contribution is 2.24. The maximum absolute atomic E-state index is 12.6. The zero-order chi connectivity index (χ0) is 12.1. The van der Waals surface area contributed by atoms with Gasteiger partial charge in [-0.3, -0.25) is 4.79 Å². The Morgan fingerprint density at radius 2 is 2.12 bits per heavy atom. The van der Waals surface area contributed by atoms with Crippen molar-refractivity contribution in [1.29, 1.82) is 0 Å². The van der Waals surface area contributed by atoms with Gasteiger partial charge in [0.2, 0.25) is 5.91 Å². The van der Waals surface area contributed by atoms with Crippen LogP contribution in [0, 0.1) is 5.82 Å². The molecule has 2 aliphatic heterocycles. The fraction of sp³-hybridized carbons (Fsp3) is 0.462. The van der Waals surface area contributed by atoms with Crippen LogP contribution in [-0.2, 0) is 11.2 Å². The summed E-state index contributed by atoms with van der Waals surface area (Å²) < 4.78 is 18.0. The Morgan fingerprint density at radius 1 is 1.24 bits per heavy atom. The van der Waals surface area contributed by atoms with Gasteiger partial charge in [-0.05, 0) is 43.0 Å². The molecule has 92 valence electrons. The summed E-state index contributed by atoms with van der Waals surface area (Å²) in [6.07, 6.45) is 3.70. The Bertz CT molecular complexity index is 398. The molecule has 2 aliphatic rings. The summed E-state index contributed by atoms with van der Waals surface area (Å²) in [5.41, 5.74) is 0.997. The second-order valence-electron chi connectivity index (χ2n) is 4.16. The predicted octanol–water partition coefficient (Wildman–Crippen LogP) is 2.05. The molecule has 1 saturated heterocycles. The lowest BCUT2D eigenvalue weighted by molar-refractivity contribution is -0.119. The van der Waals surface area contributed by atoms with Gasteiger partial charge >= 0.3 is 0 Å². The summed E-state index contributed by atoms with van der Waals surface area (Å²) in [7, 11) is 0. The molecule has 3 nitrogen and oxygen atoms in total. The quantitative estimate of drug-likeness (QED) is 0.750. The lowest BCUT2D eigenvalue weighted by Crippen LogP contribution is -2.12. The van der Waals surface area contributed by atoms with Gasteiger partial charge in [-0.2, -0.15) is 0 Å². The lowest BCUT2D eigenvalue weighted by atomic mass is 10.1. The Hall–Kier alpha value is -1.58. The van der Waals surface area contributed by atoms with E-state index in [-0.39, 0.29) is 11.7 Å². The van der Waals surface area contributed by atoms with E-state index >= 15 is 0 Å². The molecule has 0 saturated carbocycles. The van der Waals surface area contributed by atoms with Crippen LogP contribution in [0.5, 0.6) is 5.75 Å². The van der Waals surface area contributed by atoms with E-state index in [1.165, 1.54) is 6.07 Å². The molecule has 0 aliphatic carbocycles. The van der Waals surface area contributed by atoms with E-state index in [0.29, 0.717) is 0 Å². The number of rotatable bonds is 0. The average Bonchev–Trinajstić information content (AvgIpc) is 2.81. The van der Waals surface area contributed by atoms with Gasteiger partial charge in [-0.15, -0.1) is 0 Å². The molecule has 0 bridgehead atoms. The van der Waals surface area contributed by atoms with Crippen LogP contribution >= 0.6 is 0 Å². The van der Waals surface area contributed by atoms with Crippen LogP contribution in [0.1, 0.15) is 24.8 Å². The number of benzene rings is 1. The third-order valence-corrected chi connectivity index (χ3v) is 2.77. The lowest BCUT2D eigenvalue weighted by Gasteiger charge is -2.16. The van der Waals surface area contributed by atoms with Crippen molar-refractivity contribution >= 4 is 5.91 Å². The second kappa shape index (κ2) is 5.66. The molecule has 1 fully saturated rings. The molecule has 0 unspecified atom stereocenters. The first-order chi connectivity index (χ1) is 8.25. The van der Waals surface area contributed by atoms with Gasteiger partial charge in [0.1, 0.15) is 11.6 Å². The number of hydrogen-bond acceptors (Lipinski definition) is 2. The van der Waals surface area contributed by atoms with Crippen LogP contribution in [0.25, 0.3) is 0 Å². The van der Waals surface area contributed by atoms with E-state index in [4.69, 9.17) is 4.74 Å². The van der Waals surface area contributed by atoms with Crippen molar-refractivity contribution in [2.75, 3.05) is 13.2 Å². The minimum absolute atomic E-state index is 0.172. The van der Waals surface area contributed by atoms with Gasteiger partial charge in [-0.25, -0.2) is 4.39 Å². The van der Waals surface area contributed by atoms with Crippen LogP contribution < -0.4 is 10.1 Å². The smallest absolute Gasteiger partial charge is 0.220 e. The number of carbonyl (C=O) groups is 1. The summed E-state index contributed by atoms with van der Waals surface area (Å²) >= 11 is 0. The van der Waals surface area contributed by atoms with Crippen molar-refractivity contribution in [1.82, 2.24) is 5.32 Å². The van der Waals surface area contributed by atoms with E-state index < -0.39 is 0 Å². The second-order valence-corrected chi connectivity index (χ2v) is 4.16. The molecule has 0 radical (unpaired) electrons. The van der Waals surface area contributed by atoms with Gasteiger partial charge in [-0.1, -0.05) is 0 Å². The van der Waals surface area contributed by atoms with E-state index in [0.717, 1.165) is 50.1 Å². The Kier molecular flexibility index (Phi) is 3.96. The van der Waals surface area contributed by atoms with Gasteiger partial charge in [0, 0.05) is 13.0 Å². The van der Waals surface area contributed by atoms with Gasteiger partial charge < -0.3 is 10.1 Å². The molecule has 4 heteroatoms. The van der Waals surface area contributed by atoms with Crippen molar-refractivity contribution in [2.45, 2.75) is 25.7 Å². The van der Waals surface area contributed by atoms with Crippen LogP contribution in [0.4, 0.5) is 4.39 Å². The molecule has 1 N–H and O–H groups in total. The summed E-state index contributed by atoms with van der Waals surface area (Å²) in [6.45, 7) is 1.65. The molecule has 0 atom stereocenters. The standard InChI is InChI=1S/C9H9FO.C4H7NO/c10-8-3-4-9-7(6-8)2-1-5-11-9;6-4-2-1-3-5-4/h3-4,6H,1-2,5H2;1-3H2,(H,5,6). The number of amides is 1. The zero-order valence-electron chi connectivity index (χ0n) is 9.67. The Balaban J connectivity index is 0.000000153. The minimum atomic E-state index is -0.172. The van der Waals surface area contributed by atoms with Gasteiger partial charge in [0.05, 0.1) is 6.61 Å². The molecule has 1 amide bonds. The number of halogens is 1. The monoisotopic (exact) mass is 237 g/mol. The fourth-order valence-corrected chi connectivity index (χ4v) is 1.89. The summed E-state index contributed by atoms with van der Waals surface area (Å²) in [5, 5.41) is 2.68. The van der Waals surface area contributed by atoms with Gasteiger partial charge in [0.15, 0.2) is 0 Å². The third-order valence-electron chi connectivity index (χ3n) is 2.77. The van der Waals surface area contributed by atoms with Crippen LogP contribution in [0.2, 0.25) is 0 Å². The van der Waals surface area contributed by atoms with Crippen molar-refractivity contribution < 1.29 is 13.9 Å². The minimum Gasteiger partial charge on any atom is -0.493 e. The highest BCUT2D eigenvalue weighted by Gasteiger charge is 2.09. The number of ether oxygens (including phenoxy) is 1. The van der Waals surface area contributed by atoms with Crippen LogP contribution in [0.3, 0.4) is 0 Å². The van der Waals surface area contributed by atoms with Crippen LogP contribution in [0.15, 0.2) is 18.2 Å². The first-order valence-electron chi connectivity index (χ1n) is 5.93. The molecule has 0 aromatic heterocycles. The topological polar surface area (TPSA) is 38.3 Å². The first-order valence-corrected chi connectivity index (χ1v) is 5.93. The zero-order valence-corrected chi connectivity index (χ0v) is 9.67. The normalized spacial score (nSPS) is 17.4. The molecule has 3 rings (SSSR count). The molecule has 1 aromatic carbocycles. The maximum atomic E-state index is 12.6. The molecular formula is C13H16FNO2. The van der Waals surface area contributed by atoms with Gasteiger partial charge in [0.25, 0.3) is 0 Å². The average molecular weight is 237 g/mol. The third kappa shape index (κ3) is 3.44. The van der Waals surface area contributed by atoms with E-state index in [1.54, 1.807) is 12.1 Å². The number of aryl methyl sites for hydroxylation is 1. The van der Waals surface area contributed by atoms with E-state index in [2.05, 4.69) is 5.32 Å². The molecule has 1 aromatic rings. The maximum Gasteiger partial charge on any atom is 0.220 e. The Labute approximate surface area is 100.0 Å². The van der Waals surface area contributed by atoms with Crippen LogP contribution in [-0.4, -0.2) is 19.1 Å². The summed E-state index contributed by atoms with van der Waals surface area (Å²) in [4.78, 5) is 10.1. The summed E-state index contributed by atoms with van der Waals surface area (Å²) in [6, 6.07) is 4.68. The predicted molar refractivity (Wildman–Crippen MR) is 62.5 cm³/mol. The number of hydrogen-bond donors (Lipinski definition) is 1. The summed E-state index contributed by atoms with van der Waals surface area (Å²) in [5.74, 6) is 0.877. The van der Waals surface area contributed by atoms with Crippen molar-refractivity contribution in [2.24, 2.45) is 0 Å². The highest BCUT2D eigenvalue weighted by molar-refractivity contribution is 5.77. The van der Waals surface area contributed by atoms with Crippen molar-refractivity contribution in [3.63, 3.8) is 0 Å². The molecule has 2 heterocycles. The largest absolute Gasteiger partial charge is 0.493 e. The van der Waals surface area contributed by atoms with E-state index in [1.807, 2.05) is 0 Å². The molecule has 0 spiro atoms. The molecule has 17 heavy (non-hydrogen) atoms. The number of fused-ring (bicyclic) bond motifs is 1. The fourth-order valence-electron chi connectivity index (χ4n) is 1.89. The molecular weight excluding hydrogens is 221 g/mol. The first kappa shape index (κ1) is 11.9. The van der Waals surface area contributed by atoms with Crippen molar-refractivity contribution in [3.8, 4) is 5.75 Å². The number of nitrogens with one attached hydrogen (secondary N) is 1. The highest BCUT2D eigenvalue weighted by atomic mass is 19.1. The van der Waals surface area contributed by atoms with Crippen molar-refractivity contribution in [3.05, 3.63) is 29.6 Å². The number of carbonyl (C=O) groups excluding carboxylic acids is 1. The Morgan fingerprint density at radius 3 is 2.76 bits per heavy atom.